The largest absolute Gasteiger partial charge is 0.381 e. The van der Waals surface area contributed by atoms with Crippen molar-refractivity contribution in [2.45, 2.75) is 50.6 Å². The molecule has 4 heteroatoms. The van der Waals surface area contributed by atoms with Crippen molar-refractivity contribution in [2.24, 2.45) is 5.92 Å². The van der Waals surface area contributed by atoms with Crippen LogP contribution in [0, 0.1) is 5.92 Å². The molecule has 1 aliphatic carbocycles. The highest BCUT2D eigenvalue weighted by Gasteiger charge is 2.25. The first-order valence-corrected chi connectivity index (χ1v) is 7.66. The summed E-state index contributed by atoms with van der Waals surface area (Å²) < 4.78 is 7.81. The van der Waals surface area contributed by atoms with E-state index in [1.165, 1.54) is 31.4 Å². The smallest absolute Gasteiger partial charge is 0.0628 e. The number of rotatable bonds is 4. The van der Waals surface area contributed by atoms with E-state index in [1.807, 2.05) is 0 Å². The molecule has 1 aromatic heterocycles. The third-order valence-corrected chi connectivity index (χ3v) is 4.68. The quantitative estimate of drug-likeness (QED) is 0.905. The van der Waals surface area contributed by atoms with E-state index in [-0.39, 0.29) is 0 Å². The van der Waals surface area contributed by atoms with Crippen LogP contribution in [0.15, 0.2) is 12.3 Å². The Hall–Kier alpha value is -0.870. The molecule has 1 N–H and O–H groups in total. The Kier molecular flexibility index (Phi) is 4.18. The number of ether oxygens (including phenoxy) is 1. The van der Waals surface area contributed by atoms with Crippen LogP contribution in [0.3, 0.4) is 0 Å². The molecule has 0 spiro atoms. The standard InChI is InChI=1S/C15H25N3O/c1-16-15-7-9-19-11-12(15)10-13-6-8-18(17-13)14-4-2-3-5-14/h6,8,12,14-16H,2-5,7,9-11H2,1H3. The molecule has 0 amide bonds. The van der Waals surface area contributed by atoms with Gasteiger partial charge < -0.3 is 10.1 Å². The molecule has 2 fully saturated rings. The summed E-state index contributed by atoms with van der Waals surface area (Å²) in [5.74, 6) is 0.561. The molecule has 0 bridgehead atoms. The summed E-state index contributed by atoms with van der Waals surface area (Å²) >= 11 is 0. The van der Waals surface area contributed by atoms with Crippen molar-refractivity contribution in [3.05, 3.63) is 18.0 Å². The molecule has 2 unspecified atom stereocenters. The van der Waals surface area contributed by atoms with Crippen LogP contribution in [0.5, 0.6) is 0 Å². The minimum atomic E-state index is 0.561. The van der Waals surface area contributed by atoms with Crippen molar-refractivity contribution in [1.82, 2.24) is 15.1 Å². The summed E-state index contributed by atoms with van der Waals surface area (Å²) in [7, 11) is 2.06. The molecule has 106 valence electrons. The SMILES string of the molecule is CNC1CCOCC1Cc1ccn(C2CCCC2)n1. The van der Waals surface area contributed by atoms with Gasteiger partial charge in [0, 0.05) is 24.8 Å². The van der Waals surface area contributed by atoms with Gasteiger partial charge in [0.25, 0.3) is 0 Å². The van der Waals surface area contributed by atoms with Gasteiger partial charge >= 0.3 is 0 Å². The van der Waals surface area contributed by atoms with Gasteiger partial charge in [0.2, 0.25) is 0 Å². The Balaban J connectivity index is 1.62. The van der Waals surface area contributed by atoms with Gasteiger partial charge in [-0.3, -0.25) is 4.68 Å². The van der Waals surface area contributed by atoms with E-state index in [0.29, 0.717) is 18.0 Å². The minimum absolute atomic E-state index is 0.561. The Bertz CT molecular complexity index is 398. The number of nitrogens with one attached hydrogen (secondary N) is 1. The van der Waals surface area contributed by atoms with Crippen LogP contribution in [0.1, 0.15) is 43.8 Å². The summed E-state index contributed by atoms with van der Waals surface area (Å²) in [4.78, 5) is 0. The first kappa shape index (κ1) is 13.1. The first-order chi connectivity index (χ1) is 9.36. The lowest BCUT2D eigenvalue weighted by Crippen LogP contribution is -2.42. The van der Waals surface area contributed by atoms with Crippen LogP contribution in [-0.4, -0.2) is 36.1 Å². The van der Waals surface area contributed by atoms with E-state index < -0.39 is 0 Å². The molecule has 1 saturated carbocycles. The molecule has 2 heterocycles. The zero-order valence-electron chi connectivity index (χ0n) is 11.8. The molecule has 0 aromatic carbocycles. The average Bonchev–Trinajstić information content (AvgIpc) is 3.09. The predicted octanol–water partition coefficient (Wildman–Crippen LogP) is 2.17. The van der Waals surface area contributed by atoms with E-state index in [2.05, 4.69) is 29.3 Å². The predicted molar refractivity (Wildman–Crippen MR) is 75.2 cm³/mol. The van der Waals surface area contributed by atoms with Crippen LogP contribution in [-0.2, 0) is 11.2 Å². The van der Waals surface area contributed by atoms with Crippen molar-refractivity contribution in [2.75, 3.05) is 20.3 Å². The van der Waals surface area contributed by atoms with Gasteiger partial charge in [-0.05, 0) is 38.8 Å². The third kappa shape index (κ3) is 3.00. The topological polar surface area (TPSA) is 39.1 Å². The fraction of sp³-hybridized carbons (Fsp3) is 0.800. The number of hydrogen-bond acceptors (Lipinski definition) is 3. The van der Waals surface area contributed by atoms with Gasteiger partial charge in [0.15, 0.2) is 0 Å². The summed E-state index contributed by atoms with van der Waals surface area (Å²) in [6, 6.07) is 3.42. The van der Waals surface area contributed by atoms with Crippen LogP contribution in [0.4, 0.5) is 0 Å². The normalized spacial score (nSPS) is 28.9. The Morgan fingerprint density at radius 2 is 2.21 bits per heavy atom. The summed E-state index contributed by atoms with van der Waals surface area (Å²) in [5.41, 5.74) is 1.22. The van der Waals surface area contributed by atoms with Gasteiger partial charge in [-0.2, -0.15) is 5.10 Å². The van der Waals surface area contributed by atoms with Gasteiger partial charge in [0.1, 0.15) is 0 Å². The maximum Gasteiger partial charge on any atom is 0.0628 e. The van der Waals surface area contributed by atoms with E-state index in [1.54, 1.807) is 0 Å². The lowest BCUT2D eigenvalue weighted by molar-refractivity contribution is 0.0338. The molecule has 3 rings (SSSR count). The summed E-state index contributed by atoms with van der Waals surface area (Å²) in [6.07, 6.45) is 9.63. The number of nitrogens with zero attached hydrogens (tertiary/aromatic N) is 2. The van der Waals surface area contributed by atoms with Crippen LogP contribution in [0.2, 0.25) is 0 Å². The molecule has 1 saturated heterocycles. The average molecular weight is 263 g/mol. The maximum absolute atomic E-state index is 5.62. The molecule has 19 heavy (non-hydrogen) atoms. The fourth-order valence-corrected chi connectivity index (χ4v) is 3.51. The second kappa shape index (κ2) is 6.06. The van der Waals surface area contributed by atoms with Crippen LogP contribution < -0.4 is 5.32 Å². The van der Waals surface area contributed by atoms with Crippen molar-refractivity contribution >= 4 is 0 Å². The van der Waals surface area contributed by atoms with Crippen LogP contribution >= 0.6 is 0 Å². The Labute approximate surface area is 115 Å². The van der Waals surface area contributed by atoms with Crippen molar-refractivity contribution in [1.29, 1.82) is 0 Å². The van der Waals surface area contributed by atoms with Crippen molar-refractivity contribution in [3.63, 3.8) is 0 Å². The lowest BCUT2D eigenvalue weighted by atomic mass is 9.91. The van der Waals surface area contributed by atoms with E-state index >= 15 is 0 Å². The Morgan fingerprint density at radius 1 is 1.37 bits per heavy atom. The minimum Gasteiger partial charge on any atom is -0.381 e. The van der Waals surface area contributed by atoms with E-state index in [0.717, 1.165) is 26.1 Å². The highest BCUT2D eigenvalue weighted by Crippen LogP contribution is 2.29. The molecule has 2 atom stereocenters. The molecule has 2 aliphatic rings. The van der Waals surface area contributed by atoms with Crippen molar-refractivity contribution < 1.29 is 4.74 Å². The lowest BCUT2D eigenvalue weighted by Gasteiger charge is -2.30. The van der Waals surface area contributed by atoms with Crippen molar-refractivity contribution in [3.8, 4) is 0 Å². The second-order valence-corrected chi connectivity index (χ2v) is 5.95. The van der Waals surface area contributed by atoms with Crippen LogP contribution in [0.25, 0.3) is 0 Å². The molecular formula is C15H25N3O. The van der Waals surface area contributed by atoms with Gasteiger partial charge in [-0.25, -0.2) is 0 Å². The molecule has 1 aromatic rings. The second-order valence-electron chi connectivity index (χ2n) is 5.95. The summed E-state index contributed by atoms with van der Waals surface area (Å²) in [5, 5.41) is 8.21. The molecule has 1 aliphatic heterocycles. The highest BCUT2D eigenvalue weighted by atomic mass is 16.5. The zero-order valence-corrected chi connectivity index (χ0v) is 11.8. The van der Waals surface area contributed by atoms with Gasteiger partial charge in [0.05, 0.1) is 18.3 Å². The third-order valence-electron chi connectivity index (χ3n) is 4.68. The Morgan fingerprint density at radius 3 is 3.00 bits per heavy atom. The van der Waals surface area contributed by atoms with E-state index in [9.17, 15) is 0 Å². The molecule has 0 radical (unpaired) electrons. The van der Waals surface area contributed by atoms with Gasteiger partial charge in [-0.15, -0.1) is 0 Å². The zero-order chi connectivity index (χ0) is 13.1. The van der Waals surface area contributed by atoms with E-state index in [4.69, 9.17) is 9.84 Å². The molecular weight excluding hydrogens is 238 g/mol. The molecule has 4 nitrogen and oxygen atoms in total. The number of aromatic nitrogens is 2. The fourth-order valence-electron chi connectivity index (χ4n) is 3.51. The number of hydrogen-bond donors (Lipinski definition) is 1. The monoisotopic (exact) mass is 263 g/mol. The summed E-state index contributed by atoms with van der Waals surface area (Å²) in [6.45, 7) is 1.75. The first-order valence-electron chi connectivity index (χ1n) is 7.66. The van der Waals surface area contributed by atoms with Gasteiger partial charge in [-0.1, -0.05) is 12.8 Å². The maximum atomic E-state index is 5.62. The highest BCUT2D eigenvalue weighted by molar-refractivity contribution is 5.03.